The van der Waals surface area contributed by atoms with Gasteiger partial charge in [-0.15, -0.1) is 11.3 Å². The molecular weight excluding hydrogens is 303 g/mol. The van der Waals surface area contributed by atoms with E-state index in [9.17, 15) is 18.0 Å². The van der Waals surface area contributed by atoms with Gasteiger partial charge in [-0.2, -0.15) is 13.2 Å². The van der Waals surface area contributed by atoms with E-state index >= 15 is 0 Å². The molecule has 1 heterocycles. The summed E-state index contributed by atoms with van der Waals surface area (Å²) in [6.07, 6.45) is -4.39. The molecule has 0 amide bonds. The first kappa shape index (κ1) is 15.4. The van der Waals surface area contributed by atoms with Crippen molar-refractivity contribution in [3.05, 3.63) is 51.2 Å². The molecule has 21 heavy (non-hydrogen) atoms. The van der Waals surface area contributed by atoms with Gasteiger partial charge in [-0.1, -0.05) is 6.07 Å². The average Bonchev–Trinajstić information content (AvgIpc) is 2.85. The maximum atomic E-state index is 12.8. The molecule has 2 rings (SSSR count). The van der Waals surface area contributed by atoms with Gasteiger partial charge in [0.2, 0.25) is 0 Å². The summed E-state index contributed by atoms with van der Waals surface area (Å²) in [5.41, 5.74) is 0.0112. The van der Waals surface area contributed by atoms with Crippen LogP contribution in [0.25, 0.3) is 0 Å². The average molecular weight is 315 g/mol. The predicted octanol–water partition coefficient (Wildman–Crippen LogP) is 4.39. The van der Waals surface area contributed by atoms with Gasteiger partial charge in [0.25, 0.3) is 0 Å². The Kier molecular flexibility index (Phi) is 4.22. The van der Waals surface area contributed by atoms with Crippen LogP contribution in [0.15, 0.2) is 29.6 Å². The van der Waals surface area contributed by atoms with Crippen molar-refractivity contribution in [3.8, 4) is 0 Å². The number of aryl methyl sites for hydroxylation is 1. The Morgan fingerprint density at radius 2 is 2.05 bits per heavy atom. The summed E-state index contributed by atoms with van der Waals surface area (Å²) in [6, 6.07) is 5.53. The summed E-state index contributed by atoms with van der Waals surface area (Å²) in [5, 5.41) is 13.2. The van der Waals surface area contributed by atoms with E-state index in [0.29, 0.717) is 5.69 Å². The molecule has 2 aromatic rings. The number of alkyl halides is 3. The van der Waals surface area contributed by atoms with Crippen LogP contribution in [0, 0.1) is 6.92 Å². The van der Waals surface area contributed by atoms with Crippen molar-refractivity contribution in [2.45, 2.75) is 19.6 Å². The van der Waals surface area contributed by atoms with Gasteiger partial charge in [0.1, 0.15) is 0 Å². The van der Waals surface area contributed by atoms with E-state index in [1.54, 1.807) is 6.07 Å². The summed E-state index contributed by atoms with van der Waals surface area (Å²) < 4.78 is 38.4. The van der Waals surface area contributed by atoms with E-state index in [1.165, 1.54) is 35.8 Å². The first-order valence-electron chi connectivity index (χ1n) is 6.00. The largest absolute Gasteiger partial charge is 0.478 e. The molecule has 0 aliphatic rings. The summed E-state index contributed by atoms with van der Waals surface area (Å²) in [6.45, 7) is 1.68. The fraction of sp³-hybridized carbons (Fsp3) is 0.214. The zero-order valence-corrected chi connectivity index (χ0v) is 11.8. The molecule has 0 unspecified atom stereocenters. The number of halogens is 3. The van der Waals surface area contributed by atoms with Crippen molar-refractivity contribution < 1.29 is 23.1 Å². The Bertz CT molecular complexity index is 664. The number of benzene rings is 1. The SMILES string of the molecule is Cc1ccc(NCc2cc(C(=O)O)cs2)cc1C(F)(F)F. The summed E-state index contributed by atoms with van der Waals surface area (Å²) in [7, 11) is 0. The van der Waals surface area contributed by atoms with Gasteiger partial charge in [-0.25, -0.2) is 4.79 Å². The Morgan fingerprint density at radius 3 is 2.62 bits per heavy atom. The zero-order valence-electron chi connectivity index (χ0n) is 11.0. The minimum atomic E-state index is -4.39. The van der Waals surface area contributed by atoms with Gasteiger partial charge in [-0.3, -0.25) is 0 Å². The van der Waals surface area contributed by atoms with Crippen LogP contribution in [0.1, 0.15) is 26.4 Å². The van der Waals surface area contributed by atoms with Crippen molar-refractivity contribution in [2.75, 3.05) is 5.32 Å². The second-order valence-corrected chi connectivity index (χ2v) is 5.48. The molecule has 0 saturated heterocycles. The molecule has 2 N–H and O–H groups in total. The maximum Gasteiger partial charge on any atom is 0.416 e. The predicted molar refractivity (Wildman–Crippen MR) is 74.8 cm³/mol. The quantitative estimate of drug-likeness (QED) is 0.880. The highest BCUT2D eigenvalue weighted by Gasteiger charge is 2.32. The maximum absolute atomic E-state index is 12.8. The lowest BCUT2D eigenvalue weighted by molar-refractivity contribution is -0.138. The van der Waals surface area contributed by atoms with Gasteiger partial charge >= 0.3 is 12.1 Å². The number of anilines is 1. The van der Waals surface area contributed by atoms with Gasteiger partial charge in [-0.05, 0) is 30.7 Å². The van der Waals surface area contributed by atoms with E-state index in [1.807, 2.05) is 0 Å². The lowest BCUT2D eigenvalue weighted by Gasteiger charge is -2.13. The third-order valence-corrected chi connectivity index (χ3v) is 3.85. The Hall–Kier alpha value is -2.02. The number of rotatable bonds is 4. The Morgan fingerprint density at radius 1 is 1.33 bits per heavy atom. The van der Waals surface area contributed by atoms with Crippen LogP contribution in [0.4, 0.5) is 18.9 Å². The highest BCUT2D eigenvalue weighted by molar-refractivity contribution is 7.10. The van der Waals surface area contributed by atoms with Crippen molar-refractivity contribution in [2.24, 2.45) is 0 Å². The smallest absolute Gasteiger partial charge is 0.416 e. The number of carbonyl (C=O) groups is 1. The van der Waals surface area contributed by atoms with Gasteiger partial charge in [0.05, 0.1) is 11.1 Å². The van der Waals surface area contributed by atoms with Crippen LogP contribution < -0.4 is 5.32 Å². The molecule has 0 atom stereocenters. The first-order valence-corrected chi connectivity index (χ1v) is 6.88. The number of nitrogens with one attached hydrogen (secondary N) is 1. The van der Waals surface area contributed by atoms with E-state index in [-0.39, 0.29) is 17.7 Å². The van der Waals surface area contributed by atoms with E-state index in [0.717, 1.165) is 10.9 Å². The fourth-order valence-corrected chi connectivity index (χ4v) is 2.61. The van der Waals surface area contributed by atoms with Crippen LogP contribution in [0.2, 0.25) is 0 Å². The topological polar surface area (TPSA) is 49.3 Å². The highest BCUT2D eigenvalue weighted by atomic mass is 32.1. The second-order valence-electron chi connectivity index (χ2n) is 4.49. The lowest BCUT2D eigenvalue weighted by atomic mass is 10.1. The number of hydrogen-bond acceptors (Lipinski definition) is 3. The molecule has 3 nitrogen and oxygen atoms in total. The number of carboxylic acid groups (broad SMARTS) is 1. The minimum Gasteiger partial charge on any atom is -0.478 e. The van der Waals surface area contributed by atoms with Crippen LogP contribution in [0.3, 0.4) is 0 Å². The van der Waals surface area contributed by atoms with Crippen molar-refractivity contribution in [1.29, 1.82) is 0 Å². The summed E-state index contributed by atoms with van der Waals surface area (Å²) in [4.78, 5) is 11.5. The van der Waals surface area contributed by atoms with Crippen LogP contribution >= 0.6 is 11.3 Å². The Balaban J connectivity index is 2.11. The molecule has 7 heteroatoms. The molecular formula is C14H12F3NO2S. The van der Waals surface area contributed by atoms with Crippen LogP contribution in [-0.2, 0) is 12.7 Å². The Labute approximate surface area is 123 Å². The molecule has 1 aromatic heterocycles. The molecule has 112 valence electrons. The molecule has 0 bridgehead atoms. The molecule has 0 spiro atoms. The molecule has 1 aromatic carbocycles. The molecule has 0 aliphatic heterocycles. The van der Waals surface area contributed by atoms with Crippen molar-refractivity contribution in [1.82, 2.24) is 0 Å². The number of hydrogen-bond donors (Lipinski definition) is 2. The number of aromatic carboxylic acids is 1. The van der Waals surface area contributed by atoms with E-state index in [2.05, 4.69) is 5.32 Å². The monoisotopic (exact) mass is 315 g/mol. The summed E-state index contributed by atoms with van der Waals surface area (Å²) in [5.74, 6) is -1.02. The lowest BCUT2D eigenvalue weighted by Crippen LogP contribution is -2.08. The van der Waals surface area contributed by atoms with Gasteiger partial charge < -0.3 is 10.4 Å². The van der Waals surface area contributed by atoms with Crippen LogP contribution in [-0.4, -0.2) is 11.1 Å². The highest BCUT2D eigenvalue weighted by Crippen LogP contribution is 2.33. The molecule has 0 saturated carbocycles. The standard InChI is InChI=1S/C14H12F3NO2S/c1-8-2-3-10(5-12(8)14(15,16)17)18-6-11-4-9(7-21-11)13(19)20/h2-5,7,18H,6H2,1H3,(H,19,20). The van der Waals surface area contributed by atoms with E-state index in [4.69, 9.17) is 5.11 Å². The zero-order chi connectivity index (χ0) is 15.6. The third kappa shape index (κ3) is 3.75. The summed E-state index contributed by atoms with van der Waals surface area (Å²) >= 11 is 1.24. The fourth-order valence-electron chi connectivity index (χ4n) is 1.81. The van der Waals surface area contributed by atoms with Crippen LogP contribution in [0.5, 0.6) is 0 Å². The molecule has 0 fully saturated rings. The second kappa shape index (κ2) is 5.77. The van der Waals surface area contributed by atoms with Gasteiger partial charge in [0, 0.05) is 22.5 Å². The minimum absolute atomic E-state index is 0.164. The molecule has 0 radical (unpaired) electrons. The number of thiophene rings is 1. The number of carboxylic acids is 1. The van der Waals surface area contributed by atoms with Gasteiger partial charge in [0.15, 0.2) is 0 Å². The third-order valence-electron chi connectivity index (χ3n) is 2.91. The normalized spacial score (nSPS) is 11.4. The first-order chi connectivity index (χ1) is 9.77. The molecule has 0 aliphatic carbocycles. The van der Waals surface area contributed by atoms with Crippen molar-refractivity contribution in [3.63, 3.8) is 0 Å². The van der Waals surface area contributed by atoms with E-state index < -0.39 is 17.7 Å². The van der Waals surface area contributed by atoms with Crippen molar-refractivity contribution >= 4 is 23.0 Å².